The van der Waals surface area contributed by atoms with Gasteiger partial charge in [-0.25, -0.2) is 4.98 Å². The van der Waals surface area contributed by atoms with E-state index < -0.39 is 0 Å². The lowest BCUT2D eigenvalue weighted by Gasteiger charge is -1.96. The molecule has 0 spiro atoms. The van der Waals surface area contributed by atoms with Gasteiger partial charge >= 0.3 is 0 Å². The molecule has 2 aromatic carbocycles. The first-order valence-electron chi connectivity index (χ1n) is 5.55. The maximum atomic E-state index is 6.12. The van der Waals surface area contributed by atoms with Crippen LogP contribution in [0.4, 0.5) is 0 Å². The largest absolute Gasteiger partial charge is 0.338 e. The fraction of sp³-hybridized carbons (Fsp3) is 0.0714. The number of H-pyrrole nitrogens is 1. The van der Waals surface area contributed by atoms with E-state index in [2.05, 4.69) is 29.0 Å². The number of aryl methyl sites for hydroxylation is 1. The lowest BCUT2D eigenvalue weighted by Crippen LogP contribution is -1.80. The van der Waals surface area contributed by atoms with Crippen molar-refractivity contribution in [2.24, 2.45) is 0 Å². The van der Waals surface area contributed by atoms with Crippen molar-refractivity contribution in [1.82, 2.24) is 9.97 Å². The molecule has 1 aromatic heterocycles. The first kappa shape index (κ1) is 11.6. The highest BCUT2D eigenvalue weighted by Crippen LogP contribution is 2.28. The second kappa shape index (κ2) is 4.30. The molecule has 0 saturated heterocycles. The summed E-state index contributed by atoms with van der Waals surface area (Å²) in [5, 5.41) is 1.17. The average Bonchev–Trinajstić information content (AvgIpc) is 2.74. The van der Waals surface area contributed by atoms with E-state index in [0.29, 0.717) is 10.0 Å². The van der Waals surface area contributed by atoms with Gasteiger partial charge in [0.2, 0.25) is 0 Å². The molecular weight excluding hydrogens is 267 g/mol. The number of imidazole rings is 1. The topological polar surface area (TPSA) is 28.7 Å². The highest BCUT2D eigenvalue weighted by atomic mass is 35.5. The minimum absolute atomic E-state index is 0.562. The maximum absolute atomic E-state index is 6.12. The quantitative estimate of drug-likeness (QED) is 0.677. The summed E-state index contributed by atoms with van der Waals surface area (Å²) in [4.78, 5) is 7.74. The van der Waals surface area contributed by atoms with Gasteiger partial charge in [-0.1, -0.05) is 53.0 Å². The Balaban J connectivity index is 2.19. The van der Waals surface area contributed by atoms with E-state index in [1.165, 1.54) is 5.56 Å². The summed E-state index contributed by atoms with van der Waals surface area (Å²) in [6.07, 6.45) is 0. The van der Waals surface area contributed by atoms with Crippen LogP contribution in [0.25, 0.3) is 22.4 Å². The van der Waals surface area contributed by atoms with E-state index in [9.17, 15) is 0 Å². The number of nitrogens with zero attached hydrogens (tertiary/aromatic N) is 1. The van der Waals surface area contributed by atoms with Crippen molar-refractivity contribution >= 4 is 34.2 Å². The molecule has 0 amide bonds. The predicted molar refractivity (Wildman–Crippen MR) is 76.3 cm³/mol. The Bertz CT molecular complexity index is 714. The van der Waals surface area contributed by atoms with Gasteiger partial charge in [0.05, 0.1) is 10.5 Å². The molecule has 3 rings (SSSR count). The number of rotatable bonds is 1. The Kier molecular flexibility index (Phi) is 2.77. The molecule has 0 radical (unpaired) electrons. The second-order valence-electron chi connectivity index (χ2n) is 4.24. The minimum Gasteiger partial charge on any atom is -0.338 e. The van der Waals surface area contributed by atoms with E-state index in [-0.39, 0.29) is 0 Å². The lowest BCUT2D eigenvalue weighted by atomic mass is 10.1. The Hall–Kier alpha value is -1.51. The maximum Gasteiger partial charge on any atom is 0.138 e. The van der Waals surface area contributed by atoms with Crippen molar-refractivity contribution in [3.8, 4) is 11.4 Å². The van der Waals surface area contributed by atoms with Crippen LogP contribution in [0.2, 0.25) is 10.0 Å². The molecule has 18 heavy (non-hydrogen) atoms. The van der Waals surface area contributed by atoms with E-state index in [0.717, 1.165) is 22.4 Å². The number of halogens is 2. The predicted octanol–water partition coefficient (Wildman–Crippen LogP) is 4.85. The zero-order valence-electron chi connectivity index (χ0n) is 9.67. The molecule has 0 atom stereocenters. The van der Waals surface area contributed by atoms with Gasteiger partial charge in [0, 0.05) is 10.6 Å². The normalized spacial score (nSPS) is 11.1. The van der Waals surface area contributed by atoms with Crippen LogP contribution in [-0.4, -0.2) is 9.97 Å². The number of aromatic nitrogens is 2. The molecule has 2 nitrogen and oxygen atoms in total. The monoisotopic (exact) mass is 276 g/mol. The van der Waals surface area contributed by atoms with Crippen molar-refractivity contribution in [1.29, 1.82) is 0 Å². The molecule has 1 N–H and O–H groups in total. The Labute approximate surface area is 115 Å². The Morgan fingerprint density at radius 2 is 1.78 bits per heavy atom. The highest BCUT2D eigenvalue weighted by molar-refractivity contribution is 6.38. The molecule has 1 heterocycles. The van der Waals surface area contributed by atoms with Crippen molar-refractivity contribution < 1.29 is 0 Å². The number of hydrogen-bond acceptors (Lipinski definition) is 1. The molecule has 0 aliphatic heterocycles. The van der Waals surface area contributed by atoms with Gasteiger partial charge in [-0.2, -0.15) is 0 Å². The van der Waals surface area contributed by atoms with E-state index in [4.69, 9.17) is 23.2 Å². The van der Waals surface area contributed by atoms with Crippen LogP contribution in [0, 0.1) is 6.92 Å². The second-order valence-corrected chi connectivity index (χ2v) is 5.08. The van der Waals surface area contributed by atoms with Gasteiger partial charge in [0.1, 0.15) is 11.3 Å². The standard InChI is InChI=1S/C14H10Cl2N2/c1-8-2-4-9(5-3-8)14-17-12-7-10(15)6-11(16)13(12)18-14/h2-7H,1H3,(H,17,18). The summed E-state index contributed by atoms with van der Waals surface area (Å²) in [5.41, 5.74) is 3.85. The highest BCUT2D eigenvalue weighted by Gasteiger charge is 2.09. The molecule has 0 aliphatic carbocycles. The number of hydrogen-bond donors (Lipinski definition) is 1. The van der Waals surface area contributed by atoms with Gasteiger partial charge in [-0.3, -0.25) is 0 Å². The first-order chi connectivity index (χ1) is 8.63. The molecule has 0 fully saturated rings. The third-order valence-corrected chi connectivity index (χ3v) is 3.34. The van der Waals surface area contributed by atoms with Crippen LogP contribution < -0.4 is 0 Å². The number of fused-ring (bicyclic) bond motifs is 1. The van der Waals surface area contributed by atoms with Crippen molar-refractivity contribution in [3.05, 3.63) is 52.0 Å². The molecule has 0 aliphatic rings. The van der Waals surface area contributed by atoms with E-state index in [1.54, 1.807) is 6.07 Å². The third-order valence-electron chi connectivity index (χ3n) is 2.83. The molecule has 0 saturated carbocycles. The van der Waals surface area contributed by atoms with Gasteiger partial charge in [0.15, 0.2) is 0 Å². The fourth-order valence-electron chi connectivity index (χ4n) is 1.89. The van der Waals surface area contributed by atoms with Crippen molar-refractivity contribution in [3.63, 3.8) is 0 Å². The summed E-state index contributed by atoms with van der Waals surface area (Å²) in [7, 11) is 0. The van der Waals surface area contributed by atoms with Crippen LogP contribution in [0.15, 0.2) is 36.4 Å². The molecule has 0 unspecified atom stereocenters. The fourth-order valence-corrected chi connectivity index (χ4v) is 2.43. The van der Waals surface area contributed by atoms with E-state index in [1.807, 2.05) is 18.2 Å². The summed E-state index contributed by atoms with van der Waals surface area (Å²) in [6.45, 7) is 2.05. The van der Waals surface area contributed by atoms with Crippen LogP contribution >= 0.6 is 23.2 Å². The van der Waals surface area contributed by atoms with Crippen molar-refractivity contribution in [2.45, 2.75) is 6.92 Å². The summed E-state index contributed by atoms with van der Waals surface area (Å²) < 4.78 is 0. The molecule has 0 bridgehead atoms. The van der Waals surface area contributed by atoms with Gasteiger partial charge < -0.3 is 4.98 Å². The SMILES string of the molecule is Cc1ccc(-c2nc3c(Cl)cc(Cl)cc3[nH]2)cc1. The number of benzene rings is 2. The van der Waals surface area contributed by atoms with Crippen LogP contribution in [0.3, 0.4) is 0 Å². The third kappa shape index (κ3) is 1.98. The minimum atomic E-state index is 0.562. The van der Waals surface area contributed by atoms with Gasteiger partial charge in [-0.05, 0) is 19.1 Å². The Morgan fingerprint density at radius 3 is 2.50 bits per heavy atom. The smallest absolute Gasteiger partial charge is 0.138 e. The molecular formula is C14H10Cl2N2. The lowest BCUT2D eigenvalue weighted by molar-refractivity contribution is 1.33. The van der Waals surface area contributed by atoms with Crippen LogP contribution in [-0.2, 0) is 0 Å². The molecule has 3 aromatic rings. The molecule has 90 valence electrons. The summed E-state index contributed by atoms with van der Waals surface area (Å²) >= 11 is 12.1. The summed E-state index contributed by atoms with van der Waals surface area (Å²) in [5.74, 6) is 0.800. The van der Waals surface area contributed by atoms with Gasteiger partial charge in [0.25, 0.3) is 0 Å². The number of aromatic amines is 1. The Morgan fingerprint density at radius 1 is 1.06 bits per heavy atom. The molecule has 4 heteroatoms. The van der Waals surface area contributed by atoms with Crippen molar-refractivity contribution in [2.75, 3.05) is 0 Å². The van der Waals surface area contributed by atoms with Gasteiger partial charge in [-0.15, -0.1) is 0 Å². The number of nitrogens with one attached hydrogen (secondary N) is 1. The zero-order valence-corrected chi connectivity index (χ0v) is 11.2. The summed E-state index contributed by atoms with van der Waals surface area (Å²) in [6, 6.07) is 11.7. The van der Waals surface area contributed by atoms with Crippen LogP contribution in [0.1, 0.15) is 5.56 Å². The average molecular weight is 277 g/mol. The van der Waals surface area contributed by atoms with E-state index >= 15 is 0 Å². The van der Waals surface area contributed by atoms with Crippen LogP contribution in [0.5, 0.6) is 0 Å². The zero-order chi connectivity index (χ0) is 12.7. The first-order valence-corrected chi connectivity index (χ1v) is 6.31.